The largest absolute Gasteiger partial charge is 0.392 e. The number of hydrogen-bond donors (Lipinski definition) is 1. The van der Waals surface area contributed by atoms with Crippen LogP contribution in [0.25, 0.3) is 0 Å². The third-order valence-corrected chi connectivity index (χ3v) is 4.41. The van der Waals surface area contributed by atoms with Crippen LogP contribution in [-0.2, 0) is 16.6 Å². The van der Waals surface area contributed by atoms with Crippen molar-refractivity contribution in [2.45, 2.75) is 6.61 Å². The molecule has 7 heteroatoms. The van der Waals surface area contributed by atoms with Crippen LogP contribution in [0.2, 0.25) is 0 Å². The molecule has 0 spiro atoms. The highest BCUT2D eigenvalue weighted by atomic mass is 32.2. The van der Waals surface area contributed by atoms with Gasteiger partial charge in [0.15, 0.2) is 0 Å². The van der Waals surface area contributed by atoms with E-state index in [0.717, 1.165) is 11.3 Å². The molecule has 6 nitrogen and oxygen atoms in total. The monoisotopic (exact) mass is 271 g/mol. The van der Waals surface area contributed by atoms with Gasteiger partial charge in [0.25, 0.3) is 0 Å². The molecule has 2 rings (SSSR count). The molecule has 1 aliphatic heterocycles. The Bertz CT molecular complexity index is 510. The Labute approximate surface area is 107 Å². The fourth-order valence-electron chi connectivity index (χ4n) is 2.09. The second-order valence-electron chi connectivity index (χ2n) is 4.31. The fraction of sp³-hybridized carbons (Fsp3) is 0.545. The number of aliphatic hydroxyl groups excluding tert-OH is 1. The Hall–Kier alpha value is -1.18. The molecule has 18 heavy (non-hydrogen) atoms. The van der Waals surface area contributed by atoms with Crippen LogP contribution in [0.5, 0.6) is 0 Å². The number of piperazine rings is 1. The number of nitrogens with zero attached hydrogens (tertiary/aromatic N) is 3. The first kappa shape index (κ1) is 13.3. The van der Waals surface area contributed by atoms with E-state index in [2.05, 4.69) is 9.88 Å². The molecule has 1 N–H and O–H groups in total. The van der Waals surface area contributed by atoms with Crippen molar-refractivity contribution in [2.75, 3.05) is 37.3 Å². The summed E-state index contributed by atoms with van der Waals surface area (Å²) >= 11 is 0. The van der Waals surface area contributed by atoms with Crippen molar-refractivity contribution in [3.8, 4) is 0 Å². The van der Waals surface area contributed by atoms with Gasteiger partial charge in [0, 0.05) is 37.9 Å². The molecule has 0 bridgehead atoms. The Morgan fingerprint density at radius 1 is 1.33 bits per heavy atom. The molecule has 0 aliphatic carbocycles. The lowest BCUT2D eigenvalue weighted by atomic mass is 10.2. The first-order valence-corrected chi connectivity index (χ1v) is 7.61. The summed E-state index contributed by atoms with van der Waals surface area (Å²) in [7, 11) is -3.11. The topological polar surface area (TPSA) is 73.7 Å². The van der Waals surface area contributed by atoms with Gasteiger partial charge in [0.2, 0.25) is 10.0 Å². The van der Waals surface area contributed by atoms with E-state index in [9.17, 15) is 13.5 Å². The zero-order chi connectivity index (χ0) is 13.2. The van der Waals surface area contributed by atoms with E-state index in [1.54, 1.807) is 18.5 Å². The minimum absolute atomic E-state index is 0.0376. The summed E-state index contributed by atoms with van der Waals surface area (Å²) in [5.74, 6) is 0. The summed E-state index contributed by atoms with van der Waals surface area (Å²) in [5.41, 5.74) is 1.70. The number of aliphatic hydroxyl groups is 1. The molecule has 2 heterocycles. The molecule has 1 saturated heterocycles. The second kappa shape index (κ2) is 5.21. The van der Waals surface area contributed by atoms with Gasteiger partial charge in [0.1, 0.15) is 0 Å². The normalized spacial score (nSPS) is 18.0. The van der Waals surface area contributed by atoms with Crippen molar-refractivity contribution in [1.82, 2.24) is 9.29 Å². The average molecular weight is 271 g/mol. The summed E-state index contributed by atoms with van der Waals surface area (Å²) in [4.78, 5) is 6.11. The zero-order valence-electron chi connectivity index (χ0n) is 10.3. The van der Waals surface area contributed by atoms with Crippen LogP contribution >= 0.6 is 0 Å². The Kier molecular flexibility index (Phi) is 3.84. The van der Waals surface area contributed by atoms with Gasteiger partial charge in [-0.3, -0.25) is 4.98 Å². The van der Waals surface area contributed by atoms with Gasteiger partial charge in [0.05, 0.1) is 24.7 Å². The third kappa shape index (κ3) is 2.80. The van der Waals surface area contributed by atoms with Crippen molar-refractivity contribution in [1.29, 1.82) is 0 Å². The standard InChI is InChI=1S/C11H17N3O3S/c1-18(16,17)14-6-4-13(5-7-14)11-8-12-3-2-10(11)9-15/h2-3,8,15H,4-7,9H2,1H3. The quantitative estimate of drug-likeness (QED) is 0.814. The molecule has 0 unspecified atom stereocenters. The molecular weight excluding hydrogens is 254 g/mol. The van der Waals surface area contributed by atoms with E-state index in [1.807, 2.05) is 0 Å². The molecule has 0 aromatic carbocycles. The predicted octanol–water partition coefficient (Wildman–Crippen LogP) is -0.345. The fourth-order valence-corrected chi connectivity index (χ4v) is 2.92. The van der Waals surface area contributed by atoms with Gasteiger partial charge in [-0.1, -0.05) is 0 Å². The van der Waals surface area contributed by atoms with Crippen LogP contribution in [0.15, 0.2) is 18.5 Å². The Morgan fingerprint density at radius 2 is 2.00 bits per heavy atom. The van der Waals surface area contributed by atoms with Crippen molar-refractivity contribution < 1.29 is 13.5 Å². The summed E-state index contributed by atoms with van der Waals surface area (Å²) in [6.45, 7) is 2.14. The molecular formula is C11H17N3O3S. The zero-order valence-corrected chi connectivity index (χ0v) is 11.1. The first-order chi connectivity index (χ1) is 8.52. The number of pyridine rings is 1. The van der Waals surface area contributed by atoms with Gasteiger partial charge < -0.3 is 10.0 Å². The highest BCUT2D eigenvalue weighted by molar-refractivity contribution is 7.88. The maximum Gasteiger partial charge on any atom is 0.211 e. The van der Waals surface area contributed by atoms with E-state index in [1.165, 1.54) is 10.6 Å². The molecule has 1 aliphatic rings. The van der Waals surface area contributed by atoms with E-state index in [0.29, 0.717) is 26.2 Å². The maximum absolute atomic E-state index is 11.4. The van der Waals surface area contributed by atoms with Crippen LogP contribution in [0.1, 0.15) is 5.56 Å². The number of anilines is 1. The highest BCUT2D eigenvalue weighted by Gasteiger charge is 2.24. The van der Waals surface area contributed by atoms with E-state index in [4.69, 9.17) is 0 Å². The highest BCUT2D eigenvalue weighted by Crippen LogP contribution is 2.21. The summed E-state index contributed by atoms with van der Waals surface area (Å²) in [5, 5.41) is 9.27. The summed E-state index contributed by atoms with van der Waals surface area (Å²) < 4.78 is 24.3. The van der Waals surface area contributed by atoms with E-state index >= 15 is 0 Å². The van der Waals surface area contributed by atoms with Crippen LogP contribution in [0.3, 0.4) is 0 Å². The average Bonchev–Trinajstić information content (AvgIpc) is 2.38. The van der Waals surface area contributed by atoms with Gasteiger partial charge in [-0.05, 0) is 6.07 Å². The summed E-state index contributed by atoms with van der Waals surface area (Å²) in [6.07, 6.45) is 4.58. The number of sulfonamides is 1. The van der Waals surface area contributed by atoms with Crippen molar-refractivity contribution in [2.24, 2.45) is 0 Å². The van der Waals surface area contributed by atoms with Crippen molar-refractivity contribution in [3.63, 3.8) is 0 Å². The van der Waals surface area contributed by atoms with E-state index in [-0.39, 0.29) is 6.61 Å². The molecule has 0 amide bonds. The van der Waals surface area contributed by atoms with Crippen LogP contribution in [0, 0.1) is 0 Å². The van der Waals surface area contributed by atoms with Crippen molar-refractivity contribution in [3.05, 3.63) is 24.0 Å². The van der Waals surface area contributed by atoms with Crippen LogP contribution in [0.4, 0.5) is 5.69 Å². The van der Waals surface area contributed by atoms with Gasteiger partial charge in [-0.25, -0.2) is 8.42 Å². The Morgan fingerprint density at radius 3 is 2.56 bits per heavy atom. The molecule has 0 radical (unpaired) electrons. The molecule has 1 fully saturated rings. The summed E-state index contributed by atoms with van der Waals surface area (Å²) in [6, 6.07) is 1.78. The van der Waals surface area contributed by atoms with Gasteiger partial charge >= 0.3 is 0 Å². The van der Waals surface area contributed by atoms with Gasteiger partial charge in [-0.15, -0.1) is 0 Å². The van der Waals surface area contributed by atoms with Crippen LogP contribution in [-0.4, -0.2) is 55.2 Å². The minimum Gasteiger partial charge on any atom is -0.392 e. The van der Waals surface area contributed by atoms with Gasteiger partial charge in [-0.2, -0.15) is 4.31 Å². The lowest BCUT2D eigenvalue weighted by Crippen LogP contribution is -2.48. The number of rotatable bonds is 3. The molecule has 1 aromatic rings. The lowest BCUT2D eigenvalue weighted by Gasteiger charge is -2.35. The SMILES string of the molecule is CS(=O)(=O)N1CCN(c2cnccc2CO)CC1. The lowest BCUT2D eigenvalue weighted by molar-refractivity contribution is 0.281. The maximum atomic E-state index is 11.4. The Balaban J connectivity index is 2.10. The smallest absolute Gasteiger partial charge is 0.211 e. The molecule has 0 saturated carbocycles. The number of aromatic nitrogens is 1. The third-order valence-electron chi connectivity index (χ3n) is 3.11. The molecule has 1 aromatic heterocycles. The second-order valence-corrected chi connectivity index (χ2v) is 6.29. The molecule has 100 valence electrons. The molecule has 0 atom stereocenters. The first-order valence-electron chi connectivity index (χ1n) is 5.76. The predicted molar refractivity (Wildman–Crippen MR) is 68.8 cm³/mol. The number of hydrogen-bond acceptors (Lipinski definition) is 5. The minimum atomic E-state index is -3.11. The van der Waals surface area contributed by atoms with Crippen LogP contribution < -0.4 is 4.90 Å². The van der Waals surface area contributed by atoms with E-state index < -0.39 is 10.0 Å². The van der Waals surface area contributed by atoms with Crippen molar-refractivity contribution >= 4 is 15.7 Å².